The number of nitrogens with zero attached hydrogens (tertiary/aromatic N) is 1. The van der Waals surface area contributed by atoms with Crippen LogP contribution in [0.25, 0.3) is 11.3 Å². The van der Waals surface area contributed by atoms with E-state index in [0.717, 1.165) is 6.20 Å². The zero-order valence-electron chi connectivity index (χ0n) is 10.9. The van der Waals surface area contributed by atoms with Gasteiger partial charge in [-0.2, -0.15) is 18.3 Å². The molecule has 1 heterocycles. The van der Waals surface area contributed by atoms with Gasteiger partial charge in [-0.05, 0) is 0 Å². The predicted octanol–water partition coefficient (Wildman–Crippen LogP) is 1.70. The third kappa shape index (κ3) is 4.07. The third-order valence-corrected chi connectivity index (χ3v) is 3.75. The number of rotatable bonds is 4. The van der Waals surface area contributed by atoms with Crippen LogP contribution in [0.2, 0.25) is 0 Å². The maximum Gasteiger partial charge on any atom is 0.404 e. The summed E-state index contributed by atoms with van der Waals surface area (Å²) in [5.41, 5.74) is 0.579. The number of alkyl halides is 3. The molecule has 0 saturated carbocycles. The molecule has 2 rings (SSSR count). The van der Waals surface area contributed by atoms with Crippen LogP contribution >= 0.6 is 0 Å². The molecule has 10 heteroatoms. The molecule has 2 aromatic rings. The van der Waals surface area contributed by atoms with Crippen molar-refractivity contribution < 1.29 is 26.4 Å². The van der Waals surface area contributed by atoms with Gasteiger partial charge in [-0.1, -0.05) is 30.3 Å². The summed E-state index contributed by atoms with van der Waals surface area (Å²) in [7, 11) is -4.83. The van der Waals surface area contributed by atoms with Crippen LogP contribution in [0.3, 0.4) is 0 Å². The van der Waals surface area contributed by atoms with Crippen LogP contribution in [0.1, 0.15) is 10.4 Å². The SMILES string of the molecule is O=C(NS(=O)(=O)CC(F)(F)F)c1cn[nH]c1-c1ccccc1. The number of sulfonamides is 1. The maximum atomic E-state index is 12.1. The zero-order valence-corrected chi connectivity index (χ0v) is 11.7. The molecular formula is C12H10F3N3O3S. The largest absolute Gasteiger partial charge is 0.404 e. The number of H-pyrrole nitrogens is 1. The molecule has 0 fully saturated rings. The molecule has 1 aromatic heterocycles. The fourth-order valence-corrected chi connectivity index (χ4v) is 2.63. The van der Waals surface area contributed by atoms with Crippen molar-refractivity contribution in [3.8, 4) is 11.3 Å². The van der Waals surface area contributed by atoms with Crippen LogP contribution in [0, 0.1) is 0 Å². The van der Waals surface area contributed by atoms with E-state index >= 15 is 0 Å². The van der Waals surface area contributed by atoms with E-state index < -0.39 is 27.9 Å². The Balaban J connectivity index is 2.24. The van der Waals surface area contributed by atoms with E-state index in [1.165, 1.54) is 4.72 Å². The quantitative estimate of drug-likeness (QED) is 0.891. The first-order valence-corrected chi connectivity index (χ1v) is 7.53. The van der Waals surface area contributed by atoms with Gasteiger partial charge in [-0.15, -0.1) is 0 Å². The van der Waals surface area contributed by atoms with Crippen LogP contribution in [-0.2, 0) is 10.0 Å². The summed E-state index contributed by atoms with van der Waals surface area (Å²) < 4.78 is 60.4. The number of hydrogen-bond donors (Lipinski definition) is 2. The highest BCUT2D eigenvalue weighted by Gasteiger charge is 2.36. The molecule has 0 unspecified atom stereocenters. The molecule has 0 spiro atoms. The average molecular weight is 333 g/mol. The van der Waals surface area contributed by atoms with Gasteiger partial charge in [-0.25, -0.2) is 13.1 Å². The minimum absolute atomic E-state index is 0.169. The first-order valence-electron chi connectivity index (χ1n) is 5.88. The van der Waals surface area contributed by atoms with E-state index in [1.54, 1.807) is 30.3 Å². The molecule has 22 heavy (non-hydrogen) atoms. The number of benzene rings is 1. The Hall–Kier alpha value is -2.36. The highest BCUT2D eigenvalue weighted by atomic mass is 32.2. The number of nitrogens with one attached hydrogen (secondary N) is 2. The Labute approximate surface area is 123 Å². The minimum Gasteiger partial charge on any atom is -0.277 e. The van der Waals surface area contributed by atoms with Crippen molar-refractivity contribution in [2.24, 2.45) is 0 Å². The predicted molar refractivity (Wildman–Crippen MR) is 71.3 cm³/mol. The number of amides is 1. The molecule has 0 atom stereocenters. The summed E-state index contributed by atoms with van der Waals surface area (Å²) in [6.07, 6.45) is -3.90. The number of hydrogen-bond acceptors (Lipinski definition) is 4. The van der Waals surface area contributed by atoms with Gasteiger partial charge in [-0.3, -0.25) is 9.89 Å². The zero-order chi connectivity index (χ0) is 16.4. The monoisotopic (exact) mass is 333 g/mol. The second-order valence-electron chi connectivity index (χ2n) is 4.33. The van der Waals surface area contributed by atoms with Gasteiger partial charge in [0.25, 0.3) is 5.91 Å². The number of halogens is 3. The molecule has 0 aliphatic rings. The number of carbonyl (C=O) groups is 1. The Bertz CT molecular complexity index is 770. The van der Waals surface area contributed by atoms with Crippen molar-refractivity contribution in [3.63, 3.8) is 0 Å². The Kier molecular flexibility index (Phi) is 4.22. The fraction of sp³-hybridized carbons (Fsp3) is 0.167. The summed E-state index contributed by atoms with van der Waals surface area (Å²) in [6.45, 7) is 0. The lowest BCUT2D eigenvalue weighted by Gasteiger charge is -2.09. The summed E-state index contributed by atoms with van der Waals surface area (Å²) in [5, 5.41) is 6.13. The van der Waals surface area contributed by atoms with Crippen LogP contribution in [0.5, 0.6) is 0 Å². The fourth-order valence-electron chi connectivity index (χ4n) is 1.73. The highest BCUT2D eigenvalue weighted by Crippen LogP contribution is 2.21. The van der Waals surface area contributed by atoms with E-state index in [4.69, 9.17) is 0 Å². The highest BCUT2D eigenvalue weighted by molar-refractivity contribution is 7.90. The van der Waals surface area contributed by atoms with Gasteiger partial charge in [0.15, 0.2) is 5.75 Å². The lowest BCUT2D eigenvalue weighted by atomic mass is 10.1. The molecule has 0 saturated heterocycles. The van der Waals surface area contributed by atoms with Crippen LogP contribution in [0.4, 0.5) is 13.2 Å². The van der Waals surface area contributed by atoms with E-state index in [0.29, 0.717) is 5.56 Å². The molecule has 1 aromatic carbocycles. The lowest BCUT2D eigenvalue weighted by molar-refractivity contribution is -0.106. The van der Waals surface area contributed by atoms with Crippen molar-refractivity contribution >= 4 is 15.9 Å². The molecule has 6 nitrogen and oxygen atoms in total. The Morgan fingerprint density at radius 2 is 1.86 bits per heavy atom. The summed E-state index contributed by atoms with van der Waals surface area (Å²) in [5.74, 6) is -3.32. The summed E-state index contributed by atoms with van der Waals surface area (Å²) in [6, 6.07) is 8.35. The minimum atomic E-state index is -4.94. The molecule has 118 valence electrons. The van der Waals surface area contributed by atoms with Gasteiger partial charge >= 0.3 is 6.18 Å². The molecule has 0 aliphatic heterocycles. The standard InChI is InChI=1S/C12H10F3N3O3S/c13-12(14,15)7-22(20,21)18-11(19)9-6-16-17-10(9)8-4-2-1-3-5-8/h1-6H,7H2,(H,16,17)(H,18,19). The van der Waals surface area contributed by atoms with E-state index in [-0.39, 0.29) is 11.3 Å². The first-order chi connectivity index (χ1) is 10.2. The van der Waals surface area contributed by atoms with Crippen molar-refractivity contribution in [3.05, 3.63) is 42.1 Å². The van der Waals surface area contributed by atoms with Gasteiger partial charge in [0.1, 0.15) is 0 Å². The topological polar surface area (TPSA) is 91.9 Å². The van der Waals surface area contributed by atoms with E-state index in [9.17, 15) is 26.4 Å². The van der Waals surface area contributed by atoms with Gasteiger partial charge in [0.2, 0.25) is 10.0 Å². The van der Waals surface area contributed by atoms with Crippen molar-refractivity contribution in [2.45, 2.75) is 6.18 Å². The maximum absolute atomic E-state index is 12.1. The van der Waals surface area contributed by atoms with E-state index in [1.807, 2.05) is 0 Å². The molecule has 1 amide bonds. The summed E-state index contributed by atoms with van der Waals surface area (Å²) in [4.78, 5) is 11.9. The van der Waals surface area contributed by atoms with Gasteiger partial charge in [0, 0.05) is 5.56 Å². The van der Waals surface area contributed by atoms with Crippen LogP contribution in [-0.4, -0.2) is 36.5 Å². The second kappa shape index (κ2) is 5.79. The molecule has 0 radical (unpaired) electrons. The summed E-state index contributed by atoms with van der Waals surface area (Å²) >= 11 is 0. The third-order valence-electron chi connectivity index (χ3n) is 2.55. The average Bonchev–Trinajstić information content (AvgIpc) is 2.85. The first kappa shape index (κ1) is 16.0. The van der Waals surface area contributed by atoms with Crippen molar-refractivity contribution in [1.29, 1.82) is 0 Å². The Morgan fingerprint density at radius 3 is 2.45 bits per heavy atom. The molecule has 0 bridgehead atoms. The second-order valence-corrected chi connectivity index (χ2v) is 6.05. The normalized spacial score (nSPS) is 12.1. The Morgan fingerprint density at radius 1 is 1.23 bits per heavy atom. The lowest BCUT2D eigenvalue weighted by Crippen LogP contribution is -2.37. The van der Waals surface area contributed by atoms with Crippen LogP contribution in [0.15, 0.2) is 36.5 Å². The van der Waals surface area contributed by atoms with E-state index in [2.05, 4.69) is 10.2 Å². The number of carbonyl (C=O) groups excluding carboxylic acids is 1. The number of aromatic amines is 1. The van der Waals surface area contributed by atoms with Gasteiger partial charge < -0.3 is 0 Å². The number of aromatic nitrogens is 2. The van der Waals surface area contributed by atoms with Gasteiger partial charge in [0.05, 0.1) is 17.5 Å². The molecular weight excluding hydrogens is 323 g/mol. The molecule has 2 N–H and O–H groups in total. The van der Waals surface area contributed by atoms with Crippen molar-refractivity contribution in [1.82, 2.24) is 14.9 Å². The molecule has 0 aliphatic carbocycles. The van der Waals surface area contributed by atoms with Crippen molar-refractivity contribution in [2.75, 3.05) is 5.75 Å². The van der Waals surface area contributed by atoms with Crippen LogP contribution < -0.4 is 4.72 Å². The smallest absolute Gasteiger partial charge is 0.277 e.